The molecule has 3 heterocycles. The number of aliphatic hydroxyl groups is 1. The molecule has 1 aliphatic rings. The van der Waals surface area contributed by atoms with Gasteiger partial charge in [0.15, 0.2) is 5.58 Å². The molecular formula is C20H22N2O5. The zero-order chi connectivity index (χ0) is 18.8. The lowest BCUT2D eigenvalue weighted by molar-refractivity contribution is 0.123. The van der Waals surface area contributed by atoms with Crippen molar-refractivity contribution in [1.29, 1.82) is 0 Å². The summed E-state index contributed by atoms with van der Waals surface area (Å²) in [5.41, 5.74) is 2.96. The highest BCUT2D eigenvalue weighted by atomic mass is 16.5. The molecule has 0 saturated carbocycles. The van der Waals surface area contributed by atoms with E-state index in [0.29, 0.717) is 35.9 Å². The first kappa shape index (κ1) is 17.6. The van der Waals surface area contributed by atoms with E-state index in [9.17, 15) is 9.90 Å². The average Bonchev–Trinajstić information content (AvgIpc) is 3.35. The van der Waals surface area contributed by atoms with Gasteiger partial charge in [-0.2, -0.15) is 0 Å². The van der Waals surface area contributed by atoms with E-state index in [1.54, 1.807) is 6.26 Å². The number of benzene rings is 1. The van der Waals surface area contributed by atoms with Gasteiger partial charge in [-0.1, -0.05) is 5.16 Å². The van der Waals surface area contributed by atoms with Crippen LogP contribution in [-0.4, -0.2) is 39.5 Å². The second kappa shape index (κ2) is 7.44. The number of aliphatic hydroxyl groups excluding tert-OH is 1. The molecule has 1 amide bonds. The first-order chi connectivity index (χ1) is 13.2. The molecule has 0 atom stereocenters. The lowest BCUT2D eigenvalue weighted by Gasteiger charge is -2.29. The Morgan fingerprint density at radius 2 is 2.07 bits per heavy atom. The Kier molecular flexibility index (Phi) is 4.85. The molecule has 2 aromatic heterocycles. The van der Waals surface area contributed by atoms with E-state index in [-0.39, 0.29) is 6.61 Å². The van der Waals surface area contributed by atoms with Crippen LogP contribution in [0.3, 0.4) is 0 Å². The molecule has 7 nitrogen and oxygen atoms in total. The van der Waals surface area contributed by atoms with Crippen molar-refractivity contribution >= 4 is 17.1 Å². The molecule has 2 N–H and O–H groups in total. The van der Waals surface area contributed by atoms with Crippen molar-refractivity contribution in [2.75, 3.05) is 13.1 Å². The topological polar surface area (TPSA) is 99.9 Å². The highest BCUT2D eigenvalue weighted by Gasteiger charge is 2.23. The molecule has 0 unspecified atom stereocenters. The van der Waals surface area contributed by atoms with E-state index in [0.717, 1.165) is 42.3 Å². The zero-order valence-electron chi connectivity index (χ0n) is 14.9. The van der Waals surface area contributed by atoms with Crippen molar-refractivity contribution in [1.82, 2.24) is 10.1 Å². The maximum Gasteiger partial charge on any atom is 0.407 e. The SMILES string of the molecule is O=C(O)N1CCC(CCc2noc3c(CO)c(-c4ccco4)ccc23)CC1. The van der Waals surface area contributed by atoms with E-state index in [4.69, 9.17) is 14.0 Å². The molecule has 3 aromatic rings. The second-order valence-corrected chi connectivity index (χ2v) is 6.98. The van der Waals surface area contributed by atoms with Crippen LogP contribution in [0.1, 0.15) is 30.5 Å². The molecular weight excluding hydrogens is 348 g/mol. The first-order valence-corrected chi connectivity index (χ1v) is 9.20. The summed E-state index contributed by atoms with van der Waals surface area (Å²) in [6.45, 7) is 1.04. The number of hydrogen-bond donors (Lipinski definition) is 2. The van der Waals surface area contributed by atoms with E-state index < -0.39 is 6.09 Å². The summed E-state index contributed by atoms with van der Waals surface area (Å²) in [5, 5.41) is 24.0. The molecule has 142 valence electrons. The number of nitrogens with zero attached hydrogens (tertiary/aromatic N) is 2. The molecule has 1 fully saturated rings. The van der Waals surface area contributed by atoms with E-state index in [1.807, 2.05) is 24.3 Å². The van der Waals surface area contributed by atoms with Crippen LogP contribution in [0.4, 0.5) is 4.79 Å². The van der Waals surface area contributed by atoms with Gasteiger partial charge in [0, 0.05) is 29.6 Å². The Balaban J connectivity index is 1.50. The number of carboxylic acid groups (broad SMARTS) is 1. The number of carbonyl (C=O) groups is 1. The van der Waals surface area contributed by atoms with Gasteiger partial charge in [-0.05, 0) is 55.9 Å². The number of likely N-dealkylation sites (tertiary alicyclic amines) is 1. The molecule has 1 saturated heterocycles. The maximum atomic E-state index is 11.0. The van der Waals surface area contributed by atoms with Crippen LogP contribution in [-0.2, 0) is 13.0 Å². The third-order valence-corrected chi connectivity index (χ3v) is 5.44. The van der Waals surface area contributed by atoms with Crippen molar-refractivity contribution in [3.8, 4) is 11.3 Å². The maximum absolute atomic E-state index is 11.0. The predicted molar refractivity (Wildman–Crippen MR) is 98.3 cm³/mol. The van der Waals surface area contributed by atoms with Crippen LogP contribution in [0, 0.1) is 5.92 Å². The van der Waals surface area contributed by atoms with Gasteiger partial charge < -0.3 is 24.1 Å². The van der Waals surface area contributed by atoms with Crippen LogP contribution in [0.15, 0.2) is 39.5 Å². The molecule has 0 radical (unpaired) electrons. The van der Waals surface area contributed by atoms with Gasteiger partial charge in [-0.3, -0.25) is 0 Å². The average molecular weight is 370 g/mol. The standard InChI is InChI=1S/C20H22N2O5/c23-12-16-14(18-2-1-11-26-18)4-5-15-17(21-27-19(15)16)6-3-13-7-9-22(10-8-13)20(24)25/h1-2,4-5,11,13,23H,3,6-10,12H2,(H,24,25). The molecule has 1 aromatic carbocycles. The van der Waals surface area contributed by atoms with Crippen molar-refractivity contribution < 1.29 is 23.9 Å². The van der Waals surface area contributed by atoms with E-state index in [2.05, 4.69) is 5.16 Å². The van der Waals surface area contributed by atoms with Gasteiger partial charge in [0.25, 0.3) is 0 Å². The summed E-state index contributed by atoms with van der Waals surface area (Å²) in [5.74, 6) is 1.18. The second-order valence-electron chi connectivity index (χ2n) is 6.98. The number of amides is 1. The van der Waals surface area contributed by atoms with Crippen molar-refractivity contribution in [2.24, 2.45) is 5.92 Å². The van der Waals surface area contributed by atoms with Crippen molar-refractivity contribution in [2.45, 2.75) is 32.3 Å². The van der Waals surface area contributed by atoms with Gasteiger partial charge in [-0.15, -0.1) is 0 Å². The lowest BCUT2D eigenvalue weighted by atomic mass is 9.91. The van der Waals surface area contributed by atoms with Gasteiger partial charge in [-0.25, -0.2) is 4.79 Å². The Morgan fingerprint density at radius 1 is 1.26 bits per heavy atom. The molecule has 0 aliphatic carbocycles. The molecule has 7 heteroatoms. The highest BCUT2D eigenvalue weighted by Crippen LogP contribution is 2.33. The minimum atomic E-state index is -0.833. The normalized spacial score (nSPS) is 15.5. The third kappa shape index (κ3) is 3.42. The lowest BCUT2D eigenvalue weighted by Crippen LogP contribution is -2.37. The molecule has 0 spiro atoms. The van der Waals surface area contributed by atoms with Crippen LogP contribution >= 0.6 is 0 Å². The Hall–Kier alpha value is -2.80. The predicted octanol–water partition coefficient (Wildman–Crippen LogP) is 3.90. The minimum absolute atomic E-state index is 0.157. The molecule has 1 aliphatic heterocycles. The number of rotatable bonds is 5. The number of aromatic nitrogens is 1. The van der Waals surface area contributed by atoms with Gasteiger partial charge in [0.1, 0.15) is 5.76 Å². The van der Waals surface area contributed by atoms with Gasteiger partial charge >= 0.3 is 6.09 Å². The summed E-state index contributed by atoms with van der Waals surface area (Å²) in [4.78, 5) is 12.5. The fourth-order valence-corrected chi connectivity index (χ4v) is 3.86. The summed E-state index contributed by atoms with van der Waals surface area (Å²) in [6.07, 6.45) is 4.25. The minimum Gasteiger partial charge on any atom is -0.465 e. The number of aryl methyl sites for hydroxylation is 1. The van der Waals surface area contributed by atoms with Crippen molar-refractivity contribution in [3.05, 3.63) is 41.8 Å². The summed E-state index contributed by atoms with van der Waals surface area (Å²) < 4.78 is 11.0. The number of furan rings is 1. The zero-order valence-corrected chi connectivity index (χ0v) is 14.9. The molecule has 27 heavy (non-hydrogen) atoms. The van der Waals surface area contributed by atoms with E-state index in [1.165, 1.54) is 4.90 Å². The van der Waals surface area contributed by atoms with Crippen LogP contribution < -0.4 is 0 Å². The smallest absolute Gasteiger partial charge is 0.407 e. The largest absolute Gasteiger partial charge is 0.465 e. The fourth-order valence-electron chi connectivity index (χ4n) is 3.86. The van der Waals surface area contributed by atoms with Gasteiger partial charge in [0.05, 0.1) is 18.6 Å². The first-order valence-electron chi connectivity index (χ1n) is 9.20. The van der Waals surface area contributed by atoms with E-state index >= 15 is 0 Å². The van der Waals surface area contributed by atoms with Crippen LogP contribution in [0.25, 0.3) is 22.3 Å². The van der Waals surface area contributed by atoms with Gasteiger partial charge in [0.2, 0.25) is 0 Å². The molecule has 0 bridgehead atoms. The van der Waals surface area contributed by atoms with Crippen LogP contribution in [0.2, 0.25) is 0 Å². The number of piperidine rings is 1. The fraction of sp³-hybridized carbons (Fsp3) is 0.400. The Morgan fingerprint density at radius 3 is 2.74 bits per heavy atom. The number of fused-ring (bicyclic) bond motifs is 1. The summed E-state index contributed by atoms with van der Waals surface area (Å²) in [6, 6.07) is 7.55. The van der Waals surface area contributed by atoms with Crippen molar-refractivity contribution in [3.63, 3.8) is 0 Å². The Labute approximate surface area is 156 Å². The molecule has 4 rings (SSSR count). The monoisotopic (exact) mass is 370 g/mol. The summed E-state index contributed by atoms with van der Waals surface area (Å²) in [7, 11) is 0. The number of hydrogen-bond acceptors (Lipinski definition) is 5. The Bertz CT molecular complexity index is 923. The summed E-state index contributed by atoms with van der Waals surface area (Å²) >= 11 is 0. The van der Waals surface area contributed by atoms with Crippen LogP contribution in [0.5, 0.6) is 0 Å². The third-order valence-electron chi connectivity index (χ3n) is 5.44. The highest BCUT2D eigenvalue weighted by molar-refractivity contribution is 5.88. The quantitative estimate of drug-likeness (QED) is 0.706.